The second kappa shape index (κ2) is 2.99. The summed E-state index contributed by atoms with van der Waals surface area (Å²) in [5.41, 5.74) is -2.11. The third-order valence-electron chi connectivity index (χ3n) is 4.69. The number of ether oxygens (including phenoxy) is 2. The van der Waals surface area contributed by atoms with Gasteiger partial charge in [0, 0.05) is 5.41 Å². The van der Waals surface area contributed by atoms with Crippen LogP contribution in [0, 0.1) is 10.8 Å². The van der Waals surface area contributed by atoms with E-state index in [9.17, 15) is 9.59 Å². The standard InChI is InChI=1S/C12H18O4/c1-5-15-9(14)12-7-6-11(4,8(13)16-12)10(12,2)3/h5-7H2,1-4H3/t11-,12-/m1/s1. The van der Waals surface area contributed by atoms with Gasteiger partial charge in [-0.1, -0.05) is 13.8 Å². The van der Waals surface area contributed by atoms with Crippen molar-refractivity contribution in [2.75, 3.05) is 6.61 Å². The van der Waals surface area contributed by atoms with Crippen LogP contribution in [0.4, 0.5) is 0 Å². The molecule has 0 amide bonds. The van der Waals surface area contributed by atoms with E-state index in [1.807, 2.05) is 20.8 Å². The van der Waals surface area contributed by atoms with Crippen molar-refractivity contribution in [3.63, 3.8) is 0 Å². The highest BCUT2D eigenvalue weighted by molar-refractivity contribution is 5.93. The lowest BCUT2D eigenvalue weighted by atomic mass is 9.66. The highest BCUT2D eigenvalue weighted by Crippen LogP contribution is 2.65. The monoisotopic (exact) mass is 226 g/mol. The van der Waals surface area contributed by atoms with Gasteiger partial charge in [-0.05, 0) is 26.7 Å². The molecule has 1 heterocycles. The second-order valence-electron chi connectivity index (χ2n) is 5.39. The molecule has 0 radical (unpaired) electrons. The van der Waals surface area contributed by atoms with Crippen molar-refractivity contribution in [1.82, 2.24) is 0 Å². The van der Waals surface area contributed by atoms with Crippen LogP contribution in [0.3, 0.4) is 0 Å². The van der Waals surface area contributed by atoms with Gasteiger partial charge in [0.2, 0.25) is 5.60 Å². The largest absolute Gasteiger partial charge is 0.463 e. The van der Waals surface area contributed by atoms with Crippen LogP contribution < -0.4 is 0 Å². The molecule has 4 nitrogen and oxygen atoms in total. The summed E-state index contributed by atoms with van der Waals surface area (Å²) in [5.74, 6) is -0.661. The van der Waals surface area contributed by atoms with Gasteiger partial charge in [0.25, 0.3) is 0 Å². The van der Waals surface area contributed by atoms with E-state index in [2.05, 4.69) is 0 Å². The third-order valence-corrected chi connectivity index (χ3v) is 4.69. The predicted molar refractivity (Wildman–Crippen MR) is 56.6 cm³/mol. The van der Waals surface area contributed by atoms with Gasteiger partial charge in [-0.3, -0.25) is 4.79 Å². The van der Waals surface area contributed by atoms with Crippen LogP contribution in [0.1, 0.15) is 40.5 Å². The van der Waals surface area contributed by atoms with Crippen molar-refractivity contribution < 1.29 is 19.1 Å². The van der Waals surface area contributed by atoms with Crippen LogP contribution >= 0.6 is 0 Å². The Bertz CT molecular complexity index is 360. The average molecular weight is 226 g/mol. The summed E-state index contributed by atoms with van der Waals surface area (Å²) in [5, 5.41) is 0. The summed E-state index contributed by atoms with van der Waals surface area (Å²) in [6, 6.07) is 0. The normalized spacial score (nSPS) is 39.6. The Kier molecular flexibility index (Phi) is 2.14. The molecule has 0 aromatic rings. The number of rotatable bonds is 2. The Labute approximate surface area is 95.3 Å². The second-order valence-corrected chi connectivity index (χ2v) is 5.39. The van der Waals surface area contributed by atoms with Crippen molar-refractivity contribution in [1.29, 1.82) is 0 Å². The first-order valence-electron chi connectivity index (χ1n) is 5.72. The molecule has 4 heteroatoms. The van der Waals surface area contributed by atoms with Crippen LogP contribution in [0.25, 0.3) is 0 Å². The van der Waals surface area contributed by atoms with E-state index in [0.29, 0.717) is 19.4 Å². The maximum absolute atomic E-state index is 12.0. The van der Waals surface area contributed by atoms with Crippen LogP contribution in [-0.2, 0) is 19.1 Å². The maximum atomic E-state index is 12.0. The Morgan fingerprint density at radius 3 is 2.38 bits per heavy atom. The lowest BCUT2D eigenvalue weighted by Crippen LogP contribution is -2.48. The molecular weight excluding hydrogens is 208 g/mol. The van der Waals surface area contributed by atoms with Crippen LogP contribution in [0.15, 0.2) is 0 Å². The minimum absolute atomic E-state index is 0.267. The first-order chi connectivity index (χ1) is 7.32. The van der Waals surface area contributed by atoms with Crippen molar-refractivity contribution in [2.45, 2.75) is 46.1 Å². The Hall–Kier alpha value is -1.06. The lowest BCUT2D eigenvalue weighted by Gasteiger charge is -2.34. The fourth-order valence-electron chi connectivity index (χ4n) is 2.95. The van der Waals surface area contributed by atoms with E-state index < -0.39 is 22.4 Å². The minimum Gasteiger partial charge on any atom is -0.463 e. The highest BCUT2D eigenvalue weighted by atomic mass is 16.6. The van der Waals surface area contributed by atoms with E-state index in [4.69, 9.17) is 9.47 Å². The zero-order chi connectivity index (χ0) is 12.2. The van der Waals surface area contributed by atoms with Gasteiger partial charge >= 0.3 is 11.9 Å². The molecule has 1 aliphatic carbocycles. The first kappa shape index (κ1) is 11.4. The molecular formula is C12H18O4. The summed E-state index contributed by atoms with van der Waals surface area (Å²) < 4.78 is 10.4. The fourth-order valence-corrected chi connectivity index (χ4v) is 2.95. The van der Waals surface area contributed by atoms with Crippen molar-refractivity contribution in [2.24, 2.45) is 10.8 Å². The molecule has 0 unspecified atom stereocenters. The summed E-state index contributed by atoms with van der Waals surface area (Å²) in [6.45, 7) is 7.78. The molecule has 2 atom stereocenters. The van der Waals surface area contributed by atoms with Gasteiger partial charge in [-0.15, -0.1) is 0 Å². The molecule has 90 valence electrons. The van der Waals surface area contributed by atoms with E-state index >= 15 is 0 Å². The van der Waals surface area contributed by atoms with Gasteiger partial charge in [-0.25, -0.2) is 4.79 Å². The predicted octanol–water partition coefficient (Wildman–Crippen LogP) is 1.67. The summed E-state index contributed by atoms with van der Waals surface area (Å²) in [6.07, 6.45) is 1.26. The van der Waals surface area contributed by atoms with Crippen molar-refractivity contribution in [3.8, 4) is 0 Å². The third kappa shape index (κ3) is 0.955. The molecule has 0 aromatic heterocycles. The molecule has 2 rings (SSSR count). The van der Waals surface area contributed by atoms with Gasteiger partial charge in [0.1, 0.15) is 0 Å². The zero-order valence-electron chi connectivity index (χ0n) is 10.3. The Morgan fingerprint density at radius 1 is 1.38 bits per heavy atom. The van der Waals surface area contributed by atoms with E-state index in [1.165, 1.54) is 0 Å². The maximum Gasteiger partial charge on any atom is 0.351 e. The number of fused-ring (bicyclic) bond motifs is 2. The molecule has 0 aromatic carbocycles. The van der Waals surface area contributed by atoms with E-state index in [0.717, 1.165) is 0 Å². The SMILES string of the molecule is CCOC(=O)[C@@]12CC[C@](C)(C(=O)O1)C2(C)C. The van der Waals surface area contributed by atoms with Gasteiger partial charge in [0.15, 0.2) is 0 Å². The smallest absolute Gasteiger partial charge is 0.351 e. The van der Waals surface area contributed by atoms with E-state index in [1.54, 1.807) is 6.92 Å². The van der Waals surface area contributed by atoms with Crippen molar-refractivity contribution in [3.05, 3.63) is 0 Å². The molecule has 2 aliphatic rings. The molecule has 2 fully saturated rings. The summed E-state index contributed by atoms with van der Waals surface area (Å²) >= 11 is 0. The van der Waals surface area contributed by atoms with Crippen LogP contribution in [-0.4, -0.2) is 24.1 Å². The molecule has 16 heavy (non-hydrogen) atoms. The van der Waals surface area contributed by atoms with Gasteiger partial charge < -0.3 is 9.47 Å². The number of hydrogen-bond donors (Lipinski definition) is 0. The highest BCUT2D eigenvalue weighted by Gasteiger charge is 2.76. The first-order valence-corrected chi connectivity index (χ1v) is 5.72. The van der Waals surface area contributed by atoms with Gasteiger partial charge in [-0.2, -0.15) is 0 Å². The molecule has 2 bridgehead atoms. The average Bonchev–Trinajstić information content (AvgIpc) is 2.48. The number of esters is 2. The lowest BCUT2D eigenvalue weighted by molar-refractivity contribution is -0.182. The van der Waals surface area contributed by atoms with Crippen molar-refractivity contribution >= 4 is 11.9 Å². The molecule has 0 spiro atoms. The summed E-state index contributed by atoms with van der Waals surface area (Å²) in [4.78, 5) is 23.9. The number of carbonyl (C=O) groups excluding carboxylic acids is 2. The Balaban J connectivity index is 2.44. The van der Waals surface area contributed by atoms with E-state index in [-0.39, 0.29) is 5.97 Å². The van der Waals surface area contributed by atoms with Crippen LogP contribution in [0.5, 0.6) is 0 Å². The topological polar surface area (TPSA) is 52.6 Å². The molecule has 1 aliphatic heterocycles. The Morgan fingerprint density at radius 2 is 2.00 bits per heavy atom. The molecule has 1 saturated carbocycles. The quantitative estimate of drug-likeness (QED) is 0.672. The van der Waals surface area contributed by atoms with Gasteiger partial charge in [0.05, 0.1) is 12.0 Å². The number of hydrogen-bond acceptors (Lipinski definition) is 4. The van der Waals surface area contributed by atoms with Crippen LogP contribution in [0.2, 0.25) is 0 Å². The summed E-state index contributed by atoms with van der Waals surface area (Å²) in [7, 11) is 0. The number of carbonyl (C=O) groups is 2. The zero-order valence-corrected chi connectivity index (χ0v) is 10.3. The molecule has 0 N–H and O–H groups in total. The molecule has 1 saturated heterocycles. The minimum atomic E-state index is -1.06. The fraction of sp³-hybridized carbons (Fsp3) is 0.833.